The molecule has 2 aromatic rings. The molecule has 1 aromatic heterocycles. The number of rotatable bonds is 3. The first-order chi connectivity index (χ1) is 9.88. The van der Waals surface area contributed by atoms with Crippen molar-refractivity contribution in [3.63, 3.8) is 0 Å². The van der Waals surface area contributed by atoms with Gasteiger partial charge in [0.1, 0.15) is 23.2 Å². The maximum atomic E-state index is 13.4. The Morgan fingerprint density at radius 2 is 2.05 bits per heavy atom. The predicted octanol–water partition coefficient (Wildman–Crippen LogP) is 2.47. The molecule has 0 atom stereocenters. The van der Waals surface area contributed by atoms with E-state index >= 15 is 0 Å². The van der Waals surface area contributed by atoms with Crippen LogP contribution in [0.1, 0.15) is 0 Å². The first-order valence-electron chi connectivity index (χ1n) is 5.54. The molecule has 0 aliphatic rings. The summed E-state index contributed by atoms with van der Waals surface area (Å²) in [5.74, 6) is -2.43. The molecule has 0 unspecified atom stereocenters. The van der Waals surface area contributed by atoms with Crippen molar-refractivity contribution in [2.45, 2.75) is 6.54 Å². The molecule has 9 heteroatoms. The summed E-state index contributed by atoms with van der Waals surface area (Å²) in [6, 6.07) is 2.68. The SMILES string of the molecule is O=C(Cn1ncc(Cl)c(Cl)c1=O)Nc1ccc(F)cc1F. The molecule has 1 amide bonds. The molecule has 1 heterocycles. The van der Waals surface area contributed by atoms with Crippen molar-refractivity contribution in [2.75, 3.05) is 5.32 Å². The fraction of sp³-hybridized carbons (Fsp3) is 0.0833. The molecule has 110 valence electrons. The number of nitrogens with one attached hydrogen (secondary N) is 1. The van der Waals surface area contributed by atoms with Crippen molar-refractivity contribution < 1.29 is 13.6 Å². The molecule has 0 saturated heterocycles. The van der Waals surface area contributed by atoms with Crippen LogP contribution in [-0.4, -0.2) is 15.7 Å². The van der Waals surface area contributed by atoms with Crippen LogP contribution in [0.25, 0.3) is 0 Å². The Kier molecular flexibility index (Phi) is 4.54. The molecule has 0 saturated carbocycles. The highest BCUT2D eigenvalue weighted by atomic mass is 35.5. The van der Waals surface area contributed by atoms with Gasteiger partial charge < -0.3 is 5.32 Å². The molecule has 21 heavy (non-hydrogen) atoms. The second-order valence-electron chi connectivity index (χ2n) is 3.94. The van der Waals surface area contributed by atoms with Gasteiger partial charge in [0.15, 0.2) is 0 Å². The van der Waals surface area contributed by atoms with E-state index in [1.165, 1.54) is 0 Å². The monoisotopic (exact) mass is 333 g/mol. The number of hydrogen-bond donors (Lipinski definition) is 1. The van der Waals surface area contributed by atoms with Crippen molar-refractivity contribution >= 4 is 34.8 Å². The van der Waals surface area contributed by atoms with Crippen LogP contribution in [0.15, 0.2) is 29.2 Å². The Morgan fingerprint density at radius 3 is 2.71 bits per heavy atom. The summed E-state index contributed by atoms with van der Waals surface area (Å²) in [6.45, 7) is -0.494. The van der Waals surface area contributed by atoms with Gasteiger partial charge in [0, 0.05) is 6.07 Å². The number of hydrogen-bond acceptors (Lipinski definition) is 3. The van der Waals surface area contributed by atoms with E-state index in [2.05, 4.69) is 10.4 Å². The summed E-state index contributed by atoms with van der Waals surface area (Å²) < 4.78 is 26.9. The molecule has 0 fully saturated rings. The first-order valence-corrected chi connectivity index (χ1v) is 6.30. The molecule has 1 aromatic carbocycles. The van der Waals surface area contributed by atoms with Gasteiger partial charge in [0.2, 0.25) is 5.91 Å². The number of anilines is 1. The van der Waals surface area contributed by atoms with Gasteiger partial charge in [-0.2, -0.15) is 5.10 Å². The Bertz CT molecular complexity index is 765. The fourth-order valence-corrected chi connectivity index (χ4v) is 1.75. The third-order valence-electron chi connectivity index (χ3n) is 2.44. The first kappa shape index (κ1) is 15.4. The van der Waals surface area contributed by atoms with E-state index in [-0.39, 0.29) is 15.7 Å². The van der Waals surface area contributed by atoms with Crippen LogP contribution in [0, 0.1) is 11.6 Å². The number of benzene rings is 1. The third-order valence-corrected chi connectivity index (χ3v) is 3.19. The maximum Gasteiger partial charge on any atom is 0.287 e. The second-order valence-corrected chi connectivity index (χ2v) is 4.73. The molecule has 0 aliphatic carbocycles. The van der Waals surface area contributed by atoms with E-state index in [1.807, 2.05) is 0 Å². The standard InChI is InChI=1S/C12H7Cl2F2N3O2/c13-7-4-17-19(12(21)11(7)14)5-10(20)18-9-2-1-6(15)3-8(9)16/h1-4H,5H2,(H,18,20). The Balaban J connectivity index is 2.16. The van der Waals surface area contributed by atoms with Crippen molar-refractivity contribution in [2.24, 2.45) is 0 Å². The lowest BCUT2D eigenvalue weighted by molar-refractivity contribution is -0.117. The largest absolute Gasteiger partial charge is 0.322 e. The van der Waals surface area contributed by atoms with E-state index < -0.39 is 29.6 Å². The van der Waals surface area contributed by atoms with Crippen molar-refractivity contribution in [3.05, 3.63) is 56.4 Å². The van der Waals surface area contributed by atoms with Gasteiger partial charge in [-0.15, -0.1) is 0 Å². The molecular formula is C12H7Cl2F2N3O2. The molecule has 1 N–H and O–H groups in total. The number of halogens is 4. The lowest BCUT2D eigenvalue weighted by Crippen LogP contribution is -2.30. The Hall–Kier alpha value is -1.99. The topological polar surface area (TPSA) is 64.0 Å². The second kappa shape index (κ2) is 6.19. The summed E-state index contributed by atoms with van der Waals surface area (Å²) in [6.07, 6.45) is 1.11. The Morgan fingerprint density at radius 1 is 1.33 bits per heavy atom. The molecule has 2 rings (SSSR count). The summed E-state index contributed by atoms with van der Waals surface area (Å²) in [5.41, 5.74) is -0.964. The minimum Gasteiger partial charge on any atom is -0.322 e. The zero-order valence-corrected chi connectivity index (χ0v) is 11.8. The zero-order chi connectivity index (χ0) is 15.6. The third kappa shape index (κ3) is 3.56. The molecule has 0 spiro atoms. The average Bonchev–Trinajstić information content (AvgIpc) is 2.43. The lowest BCUT2D eigenvalue weighted by Gasteiger charge is -2.08. The highest BCUT2D eigenvalue weighted by Gasteiger charge is 2.12. The maximum absolute atomic E-state index is 13.4. The number of amides is 1. The summed E-state index contributed by atoms with van der Waals surface area (Å²) >= 11 is 11.2. The fourth-order valence-electron chi connectivity index (χ4n) is 1.47. The highest BCUT2D eigenvalue weighted by molar-refractivity contribution is 6.41. The minimum atomic E-state index is -0.933. The predicted molar refractivity (Wildman–Crippen MR) is 73.5 cm³/mol. The average molecular weight is 334 g/mol. The van der Waals surface area contributed by atoms with Crippen LogP contribution in [0.4, 0.5) is 14.5 Å². The van der Waals surface area contributed by atoms with Crippen LogP contribution in [0.2, 0.25) is 10.0 Å². The Labute approximate surface area is 127 Å². The van der Waals surface area contributed by atoms with Crippen LogP contribution in [0.3, 0.4) is 0 Å². The minimum absolute atomic E-state index is 0.0390. The zero-order valence-electron chi connectivity index (χ0n) is 10.2. The molecule has 0 radical (unpaired) electrons. The van der Waals surface area contributed by atoms with Crippen molar-refractivity contribution in [3.8, 4) is 0 Å². The number of aromatic nitrogens is 2. The van der Waals surface area contributed by atoms with Gasteiger partial charge in [0.05, 0.1) is 16.9 Å². The lowest BCUT2D eigenvalue weighted by atomic mass is 10.3. The smallest absolute Gasteiger partial charge is 0.287 e. The summed E-state index contributed by atoms with van der Waals surface area (Å²) in [7, 11) is 0. The van der Waals surface area contributed by atoms with Gasteiger partial charge in [-0.05, 0) is 12.1 Å². The van der Waals surface area contributed by atoms with Crippen LogP contribution in [0.5, 0.6) is 0 Å². The number of nitrogens with zero attached hydrogens (tertiary/aromatic N) is 2. The summed E-state index contributed by atoms with van der Waals surface area (Å²) in [4.78, 5) is 23.4. The van der Waals surface area contributed by atoms with Crippen LogP contribution < -0.4 is 10.9 Å². The van der Waals surface area contributed by atoms with Crippen molar-refractivity contribution in [1.82, 2.24) is 9.78 Å². The van der Waals surface area contributed by atoms with Crippen molar-refractivity contribution in [1.29, 1.82) is 0 Å². The van der Waals surface area contributed by atoms with E-state index in [1.54, 1.807) is 0 Å². The van der Waals surface area contributed by atoms with Gasteiger partial charge in [-0.3, -0.25) is 9.59 Å². The molecule has 0 bridgehead atoms. The van der Waals surface area contributed by atoms with Crippen LogP contribution >= 0.6 is 23.2 Å². The molecular weight excluding hydrogens is 327 g/mol. The van der Waals surface area contributed by atoms with Gasteiger partial charge >= 0.3 is 0 Å². The molecule has 5 nitrogen and oxygen atoms in total. The van der Waals surface area contributed by atoms with Gasteiger partial charge in [-0.25, -0.2) is 13.5 Å². The number of carbonyl (C=O) groups excluding carboxylic acids is 1. The van der Waals surface area contributed by atoms with Gasteiger partial charge in [-0.1, -0.05) is 23.2 Å². The quantitative estimate of drug-likeness (QED) is 0.938. The summed E-state index contributed by atoms with van der Waals surface area (Å²) in [5, 5.41) is 5.51. The molecule has 0 aliphatic heterocycles. The van der Waals surface area contributed by atoms with E-state index in [0.29, 0.717) is 6.07 Å². The highest BCUT2D eigenvalue weighted by Crippen LogP contribution is 2.16. The van der Waals surface area contributed by atoms with Gasteiger partial charge in [0.25, 0.3) is 5.56 Å². The number of carbonyl (C=O) groups is 1. The van der Waals surface area contributed by atoms with E-state index in [0.717, 1.165) is 23.0 Å². The van der Waals surface area contributed by atoms with E-state index in [9.17, 15) is 18.4 Å². The van der Waals surface area contributed by atoms with Crippen LogP contribution in [-0.2, 0) is 11.3 Å². The normalized spacial score (nSPS) is 10.5. The van der Waals surface area contributed by atoms with E-state index in [4.69, 9.17) is 23.2 Å².